The Labute approximate surface area is 188 Å². The van der Waals surface area contributed by atoms with Crippen LogP contribution in [0.2, 0.25) is 0 Å². The van der Waals surface area contributed by atoms with Gasteiger partial charge in [0.2, 0.25) is 5.95 Å². The van der Waals surface area contributed by atoms with E-state index in [0.29, 0.717) is 30.6 Å². The molecule has 1 aromatic heterocycles. The van der Waals surface area contributed by atoms with E-state index in [2.05, 4.69) is 26.7 Å². The molecule has 4 rings (SSSR count). The summed E-state index contributed by atoms with van der Waals surface area (Å²) in [6, 6.07) is 17.6. The van der Waals surface area contributed by atoms with Gasteiger partial charge in [0.25, 0.3) is 5.91 Å². The zero-order valence-corrected chi connectivity index (χ0v) is 18.8. The Kier molecular flexibility index (Phi) is 6.66. The second kappa shape index (κ2) is 9.78. The Morgan fingerprint density at radius 3 is 2.59 bits per heavy atom. The lowest BCUT2D eigenvalue weighted by molar-refractivity contribution is 0.0975. The van der Waals surface area contributed by atoms with Gasteiger partial charge in [-0.2, -0.15) is 4.98 Å². The highest BCUT2D eigenvalue weighted by molar-refractivity contribution is 6.08. The number of aryl methyl sites for hydroxylation is 1. The van der Waals surface area contributed by atoms with E-state index in [1.165, 1.54) is 0 Å². The van der Waals surface area contributed by atoms with Crippen LogP contribution < -0.4 is 15.5 Å². The monoisotopic (exact) mass is 431 g/mol. The van der Waals surface area contributed by atoms with Gasteiger partial charge in [-0.1, -0.05) is 24.3 Å². The quantitative estimate of drug-likeness (QED) is 0.509. The molecule has 3 aromatic rings. The molecule has 0 bridgehead atoms. The average Bonchev–Trinajstić information content (AvgIpc) is 3.65. The summed E-state index contributed by atoms with van der Waals surface area (Å²) in [7, 11) is 3.47. The van der Waals surface area contributed by atoms with Gasteiger partial charge in [0.1, 0.15) is 5.82 Å². The van der Waals surface area contributed by atoms with Gasteiger partial charge < -0.3 is 20.3 Å². The number of anilines is 4. The maximum atomic E-state index is 13.8. The largest absolute Gasteiger partial charge is 0.383 e. The first-order valence-electron chi connectivity index (χ1n) is 10.9. The summed E-state index contributed by atoms with van der Waals surface area (Å²) >= 11 is 0. The molecular formula is C25H29N5O2. The molecule has 7 heteroatoms. The highest BCUT2D eigenvalue weighted by Crippen LogP contribution is 2.43. The van der Waals surface area contributed by atoms with Crippen LogP contribution in [-0.2, 0) is 4.74 Å². The summed E-state index contributed by atoms with van der Waals surface area (Å²) in [4.78, 5) is 24.5. The number of benzene rings is 2. The number of rotatable bonds is 9. The Morgan fingerprint density at radius 2 is 1.91 bits per heavy atom. The summed E-state index contributed by atoms with van der Waals surface area (Å²) in [5.41, 5.74) is 4.30. The minimum absolute atomic E-state index is 0.0279. The molecule has 0 aliphatic heterocycles. The van der Waals surface area contributed by atoms with Crippen LogP contribution in [-0.4, -0.2) is 43.2 Å². The molecule has 0 radical (unpaired) electrons. The van der Waals surface area contributed by atoms with Gasteiger partial charge >= 0.3 is 0 Å². The van der Waals surface area contributed by atoms with Crippen molar-refractivity contribution in [3.8, 4) is 0 Å². The summed E-state index contributed by atoms with van der Waals surface area (Å²) in [5, 5.41) is 6.31. The second-order valence-electron chi connectivity index (χ2n) is 7.95. The minimum Gasteiger partial charge on any atom is -0.383 e. The fourth-order valence-corrected chi connectivity index (χ4v) is 3.74. The molecule has 0 unspecified atom stereocenters. The normalized spacial score (nSPS) is 13.0. The standard InChI is InChI=1S/C25H29N5O2/c1-17-15-23(26-2)29-25(27-17)28-19-11-12-21(18-9-10-18)22(16-19)24(31)30(13-14-32-3)20-7-5-4-6-8-20/h4-8,11-12,15-16,18H,9-10,13-14H2,1-3H3,(H2,26,27,28,29). The summed E-state index contributed by atoms with van der Waals surface area (Å²) < 4.78 is 5.28. The number of hydrogen-bond donors (Lipinski definition) is 2. The van der Waals surface area contributed by atoms with Crippen LogP contribution in [0.5, 0.6) is 0 Å². The van der Waals surface area contributed by atoms with E-state index in [-0.39, 0.29) is 5.91 Å². The van der Waals surface area contributed by atoms with Gasteiger partial charge in [-0.05, 0) is 55.5 Å². The Balaban J connectivity index is 1.68. The highest BCUT2D eigenvalue weighted by Gasteiger charge is 2.30. The van der Waals surface area contributed by atoms with Crippen molar-refractivity contribution < 1.29 is 9.53 Å². The fraction of sp³-hybridized carbons (Fsp3) is 0.320. The van der Waals surface area contributed by atoms with E-state index in [1.807, 2.05) is 62.5 Å². The number of para-hydroxylation sites is 1. The number of ether oxygens (including phenoxy) is 1. The summed E-state index contributed by atoms with van der Waals surface area (Å²) in [6.07, 6.45) is 2.23. The molecular weight excluding hydrogens is 402 g/mol. The first kappa shape index (κ1) is 21.8. The van der Waals surface area contributed by atoms with Crippen LogP contribution in [0.15, 0.2) is 54.6 Å². The van der Waals surface area contributed by atoms with E-state index in [1.54, 1.807) is 12.0 Å². The smallest absolute Gasteiger partial charge is 0.258 e. The lowest BCUT2D eigenvalue weighted by Gasteiger charge is -2.24. The number of methoxy groups -OCH3 is 1. The van der Waals surface area contributed by atoms with E-state index >= 15 is 0 Å². The van der Waals surface area contributed by atoms with Crippen molar-refractivity contribution in [1.29, 1.82) is 0 Å². The van der Waals surface area contributed by atoms with Crippen molar-refractivity contribution in [3.63, 3.8) is 0 Å². The number of hydrogen-bond acceptors (Lipinski definition) is 6. The Morgan fingerprint density at radius 1 is 1.12 bits per heavy atom. The first-order chi connectivity index (χ1) is 15.6. The third-order valence-corrected chi connectivity index (χ3v) is 5.50. The van der Waals surface area contributed by atoms with Crippen LogP contribution in [0, 0.1) is 6.92 Å². The van der Waals surface area contributed by atoms with Crippen molar-refractivity contribution in [2.75, 3.05) is 42.8 Å². The van der Waals surface area contributed by atoms with Crippen molar-refractivity contribution in [2.24, 2.45) is 0 Å². The summed E-state index contributed by atoms with van der Waals surface area (Å²) in [5.74, 6) is 1.64. The molecule has 32 heavy (non-hydrogen) atoms. The van der Waals surface area contributed by atoms with Crippen molar-refractivity contribution in [1.82, 2.24) is 9.97 Å². The highest BCUT2D eigenvalue weighted by atomic mass is 16.5. The molecule has 1 saturated carbocycles. The minimum atomic E-state index is -0.0279. The number of nitrogens with zero attached hydrogens (tertiary/aromatic N) is 3. The van der Waals surface area contributed by atoms with Gasteiger partial charge in [0, 0.05) is 49.4 Å². The van der Waals surface area contributed by atoms with Crippen molar-refractivity contribution in [2.45, 2.75) is 25.7 Å². The van der Waals surface area contributed by atoms with Gasteiger partial charge in [-0.15, -0.1) is 0 Å². The second-order valence-corrected chi connectivity index (χ2v) is 7.95. The van der Waals surface area contributed by atoms with E-state index in [4.69, 9.17) is 4.74 Å². The van der Waals surface area contributed by atoms with Gasteiger partial charge in [0.05, 0.1) is 6.61 Å². The predicted octanol–water partition coefficient (Wildman–Crippen LogP) is 4.74. The van der Waals surface area contributed by atoms with Crippen LogP contribution >= 0.6 is 0 Å². The molecule has 0 atom stereocenters. The van der Waals surface area contributed by atoms with E-state index in [0.717, 1.165) is 41.3 Å². The van der Waals surface area contributed by atoms with Crippen LogP contribution in [0.1, 0.15) is 40.4 Å². The summed E-state index contributed by atoms with van der Waals surface area (Å²) in [6.45, 7) is 2.86. The molecule has 166 valence electrons. The zero-order valence-electron chi connectivity index (χ0n) is 18.8. The zero-order chi connectivity index (χ0) is 22.5. The number of nitrogens with one attached hydrogen (secondary N) is 2. The van der Waals surface area contributed by atoms with E-state index < -0.39 is 0 Å². The maximum absolute atomic E-state index is 13.8. The van der Waals surface area contributed by atoms with Crippen LogP contribution in [0.3, 0.4) is 0 Å². The Bertz CT molecular complexity index is 1080. The average molecular weight is 432 g/mol. The van der Waals surface area contributed by atoms with E-state index in [9.17, 15) is 4.79 Å². The fourth-order valence-electron chi connectivity index (χ4n) is 3.74. The van der Waals surface area contributed by atoms with Crippen LogP contribution in [0.25, 0.3) is 0 Å². The molecule has 1 aliphatic rings. The molecule has 7 nitrogen and oxygen atoms in total. The Hall–Kier alpha value is -3.45. The number of carbonyl (C=O) groups excluding carboxylic acids is 1. The van der Waals surface area contributed by atoms with Crippen molar-refractivity contribution >= 4 is 29.0 Å². The molecule has 2 aromatic carbocycles. The first-order valence-corrected chi connectivity index (χ1v) is 10.9. The number of aromatic nitrogens is 2. The van der Waals surface area contributed by atoms with Crippen molar-refractivity contribution in [3.05, 3.63) is 71.4 Å². The molecule has 1 aliphatic carbocycles. The predicted molar refractivity (Wildman–Crippen MR) is 128 cm³/mol. The lowest BCUT2D eigenvalue weighted by Crippen LogP contribution is -2.34. The lowest BCUT2D eigenvalue weighted by atomic mass is 10.0. The molecule has 2 N–H and O–H groups in total. The van der Waals surface area contributed by atoms with Gasteiger partial charge in [-0.3, -0.25) is 4.79 Å². The number of carbonyl (C=O) groups is 1. The molecule has 0 spiro atoms. The van der Waals surface area contributed by atoms with Gasteiger partial charge in [-0.25, -0.2) is 4.98 Å². The molecule has 0 saturated heterocycles. The molecule has 1 amide bonds. The maximum Gasteiger partial charge on any atom is 0.258 e. The third kappa shape index (κ3) is 5.06. The molecule has 1 heterocycles. The van der Waals surface area contributed by atoms with Gasteiger partial charge in [0.15, 0.2) is 0 Å². The topological polar surface area (TPSA) is 79.4 Å². The third-order valence-electron chi connectivity index (χ3n) is 5.50. The molecule has 1 fully saturated rings. The number of amides is 1. The SMILES string of the molecule is CNc1cc(C)nc(Nc2ccc(C3CC3)c(C(=O)N(CCOC)c3ccccc3)c2)n1. The van der Waals surface area contributed by atoms with Crippen LogP contribution in [0.4, 0.5) is 23.1 Å².